The number of ketones is 2. The Morgan fingerprint density at radius 3 is 2.25 bits per heavy atom. The van der Waals surface area contributed by atoms with Crippen molar-refractivity contribution >= 4 is 17.3 Å². The number of anilines is 1. The second-order valence-corrected chi connectivity index (χ2v) is 6.65. The van der Waals surface area contributed by atoms with Gasteiger partial charge in [-0.15, -0.1) is 0 Å². The van der Waals surface area contributed by atoms with Crippen molar-refractivity contribution < 1.29 is 9.59 Å². The number of carbonyl (C=O) groups excluding carboxylic acids is 2. The Morgan fingerprint density at radius 1 is 1.08 bits per heavy atom. The number of hydrogen-bond donors (Lipinski definition) is 2. The summed E-state index contributed by atoms with van der Waals surface area (Å²) in [7, 11) is 0. The van der Waals surface area contributed by atoms with Crippen LogP contribution in [0.2, 0.25) is 0 Å². The van der Waals surface area contributed by atoms with E-state index in [1.54, 1.807) is 0 Å². The van der Waals surface area contributed by atoms with Crippen LogP contribution in [0.3, 0.4) is 0 Å². The number of benzene rings is 1. The van der Waals surface area contributed by atoms with Gasteiger partial charge in [0.05, 0.1) is 11.7 Å². The number of para-hydroxylation sites is 1. The molecule has 0 aliphatic rings. The lowest BCUT2D eigenvalue weighted by atomic mass is 9.99. The Bertz CT molecular complexity index is 772. The lowest BCUT2D eigenvalue weighted by Crippen LogP contribution is -2.27. The summed E-state index contributed by atoms with van der Waals surface area (Å²) in [5, 5.41) is 3.32. The molecule has 0 aliphatic heterocycles. The third-order valence-corrected chi connectivity index (χ3v) is 4.38. The van der Waals surface area contributed by atoms with Gasteiger partial charge in [-0.1, -0.05) is 32.0 Å². The molecule has 128 valence electrons. The molecule has 0 saturated heterocycles. The fourth-order valence-corrected chi connectivity index (χ4v) is 3.17. The number of nitrogens with one attached hydrogen (secondary N) is 2. The maximum atomic E-state index is 12.8. The molecule has 0 bridgehead atoms. The Balaban J connectivity index is 2.29. The fraction of sp³-hybridized carbons (Fsp3) is 0.400. The zero-order chi connectivity index (χ0) is 18.0. The Labute approximate surface area is 143 Å². The van der Waals surface area contributed by atoms with E-state index in [0.717, 1.165) is 16.9 Å². The lowest BCUT2D eigenvalue weighted by molar-refractivity contribution is 0.0970. The predicted octanol–water partition coefficient (Wildman–Crippen LogP) is 4.64. The first-order valence-corrected chi connectivity index (χ1v) is 8.33. The minimum absolute atomic E-state index is 0.0222. The molecular weight excluding hydrogens is 300 g/mol. The molecule has 1 heterocycles. The first-order valence-electron chi connectivity index (χ1n) is 8.33. The maximum Gasteiger partial charge on any atom is 0.201 e. The summed E-state index contributed by atoms with van der Waals surface area (Å²) in [6.07, 6.45) is 0. The largest absolute Gasteiger partial charge is 0.375 e. The molecule has 4 heteroatoms. The third-order valence-electron chi connectivity index (χ3n) is 4.38. The molecule has 0 fully saturated rings. The monoisotopic (exact) mass is 326 g/mol. The van der Waals surface area contributed by atoms with Crippen LogP contribution in [0.25, 0.3) is 0 Å². The van der Waals surface area contributed by atoms with Gasteiger partial charge in [-0.3, -0.25) is 9.59 Å². The molecule has 2 N–H and O–H groups in total. The smallest absolute Gasteiger partial charge is 0.201 e. The van der Waals surface area contributed by atoms with Crippen LogP contribution in [0.5, 0.6) is 0 Å². The van der Waals surface area contributed by atoms with E-state index in [9.17, 15) is 9.59 Å². The van der Waals surface area contributed by atoms with Crippen LogP contribution in [0, 0.1) is 13.8 Å². The average Bonchev–Trinajstić information content (AvgIpc) is 2.81. The lowest BCUT2D eigenvalue weighted by Gasteiger charge is -2.19. The van der Waals surface area contributed by atoms with Crippen molar-refractivity contribution in [1.29, 1.82) is 0 Å². The van der Waals surface area contributed by atoms with Gasteiger partial charge in [0.25, 0.3) is 0 Å². The van der Waals surface area contributed by atoms with Crippen molar-refractivity contribution in [2.75, 3.05) is 5.32 Å². The molecule has 1 atom stereocenters. The minimum atomic E-state index is -0.388. The number of aromatic nitrogens is 1. The highest BCUT2D eigenvalue weighted by Crippen LogP contribution is 2.25. The predicted molar refractivity (Wildman–Crippen MR) is 98.2 cm³/mol. The standard InChI is InChI=1S/C20H26N2O2/c1-11(2)16-9-7-8-10-17(16)21-14(5)20(24)19-12(3)18(15(6)23)13(4)22-19/h7-11,14,21-22H,1-6H3. The molecule has 2 aromatic rings. The van der Waals surface area contributed by atoms with Crippen molar-refractivity contribution in [3.05, 3.63) is 52.3 Å². The Hall–Kier alpha value is -2.36. The van der Waals surface area contributed by atoms with Gasteiger partial charge in [0.15, 0.2) is 5.78 Å². The zero-order valence-corrected chi connectivity index (χ0v) is 15.3. The molecule has 2 rings (SSSR count). The number of aryl methyl sites for hydroxylation is 1. The Kier molecular flexibility index (Phi) is 5.27. The number of H-pyrrole nitrogens is 1. The van der Waals surface area contributed by atoms with E-state index in [1.165, 1.54) is 12.5 Å². The van der Waals surface area contributed by atoms with E-state index < -0.39 is 0 Å². The molecule has 0 aliphatic carbocycles. The van der Waals surface area contributed by atoms with Crippen LogP contribution in [0.15, 0.2) is 24.3 Å². The van der Waals surface area contributed by atoms with Gasteiger partial charge in [-0.2, -0.15) is 0 Å². The molecule has 24 heavy (non-hydrogen) atoms. The molecule has 1 unspecified atom stereocenters. The molecule has 4 nitrogen and oxygen atoms in total. The Morgan fingerprint density at radius 2 is 1.71 bits per heavy atom. The highest BCUT2D eigenvalue weighted by Gasteiger charge is 2.24. The highest BCUT2D eigenvalue weighted by molar-refractivity contribution is 6.05. The van der Waals surface area contributed by atoms with Crippen LogP contribution in [-0.2, 0) is 0 Å². The van der Waals surface area contributed by atoms with Gasteiger partial charge in [-0.05, 0) is 50.8 Å². The number of rotatable bonds is 6. The summed E-state index contributed by atoms with van der Waals surface area (Å²) >= 11 is 0. The molecular formula is C20H26N2O2. The molecule has 1 aromatic carbocycles. The topological polar surface area (TPSA) is 62.0 Å². The van der Waals surface area contributed by atoms with Crippen molar-refractivity contribution in [1.82, 2.24) is 4.98 Å². The summed E-state index contributed by atoms with van der Waals surface area (Å²) < 4.78 is 0. The zero-order valence-electron chi connectivity index (χ0n) is 15.3. The summed E-state index contributed by atoms with van der Waals surface area (Å²) in [5.41, 5.74) is 4.77. The van der Waals surface area contributed by atoms with Crippen molar-refractivity contribution in [3.8, 4) is 0 Å². The second kappa shape index (κ2) is 7.04. The van der Waals surface area contributed by atoms with Crippen molar-refractivity contribution in [2.45, 2.75) is 53.5 Å². The third kappa shape index (κ3) is 3.42. The summed E-state index contributed by atoms with van der Waals surface area (Å²) in [6.45, 7) is 11.3. The SMILES string of the molecule is CC(=O)c1c(C)[nH]c(C(=O)C(C)Nc2ccccc2C(C)C)c1C. The van der Waals surface area contributed by atoms with Crippen LogP contribution in [-0.4, -0.2) is 22.6 Å². The van der Waals surface area contributed by atoms with E-state index in [4.69, 9.17) is 0 Å². The van der Waals surface area contributed by atoms with E-state index >= 15 is 0 Å². The summed E-state index contributed by atoms with van der Waals surface area (Å²) in [5.74, 6) is 0.308. The normalized spacial score (nSPS) is 12.3. The van der Waals surface area contributed by atoms with Gasteiger partial charge in [0, 0.05) is 16.9 Å². The van der Waals surface area contributed by atoms with Gasteiger partial charge in [0.2, 0.25) is 5.78 Å². The molecule has 0 radical (unpaired) electrons. The van der Waals surface area contributed by atoms with Gasteiger partial charge < -0.3 is 10.3 Å². The quantitative estimate of drug-likeness (QED) is 0.760. The van der Waals surface area contributed by atoms with E-state index in [2.05, 4.69) is 30.2 Å². The van der Waals surface area contributed by atoms with Crippen LogP contribution in [0.4, 0.5) is 5.69 Å². The number of hydrogen-bond acceptors (Lipinski definition) is 3. The maximum absolute atomic E-state index is 12.8. The van der Waals surface area contributed by atoms with Crippen molar-refractivity contribution in [3.63, 3.8) is 0 Å². The van der Waals surface area contributed by atoms with Gasteiger partial charge in [-0.25, -0.2) is 0 Å². The van der Waals surface area contributed by atoms with E-state index in [-0.39, 0.29) is 17.6 Å². The van der Waals surface area contributed by atoms with Crippen LogP contribution >= 0.6 is 0 Å². The van der Waals surface area contributed by atoms with Crippen molar-refractivity contribution in [2.24, 2.45) is 0 Å². The van der Waals surface area contributed by atoms with Crippen LogP contribution in [0.1, 0.15) is 71.3 Å². The summed E-state index contributed by atoms with van der Waals surface area (Å²) in [6, 6.07) is 7.64. The first-order chi connectivity index (χ1) is 11.2. The molecule has 1 aromatic heterocycles. The van der Waals surface area contributed by atoms with Crippen LogP contribution < -0.4 is 5.32 Å². The average molecular weight is 326 g/mol. The number of carbonyl (C=O) groups is 2. The molecule has 0 amide bonds. The number of aromatic amines is 1. The molecule has 0 saturated carbocycles. The molecule has 0 spiro atoms. The van der Waals surface area contributed by atoms with Gasteiger partial charge in [0.1, 0.15) is 0 Å². The number of Topliss-reactive ketones (excluding diaryl/α,β-unsaturated/α-hetero) is 2. The van der Waals surface area contributed by atoms with E-state index in [0.29, 0.717) is 17.2 Å². The minimum Gasteiger partial charge on any atom is -0.375 e. The first kappa shape index (κ1) is 18.0. The fourth-order valence-electron chi connectivity index (χ4n) is 3.17. The van der Waals surface area contributed by atoms with E-state index in [1.807, 2.05) is 39.0 Å². The van der Waals surface area contributed by atoms with Gasteiger partial charge >= 0.3 is 0 Å². The summed E-state index contributed by atoms with van der Waals surface area (Å²) in [4.78, 5) is 27.7. The highest BCUT2D eigenvalue weighted by atomic mass is 16.1. The second-order valence-electron chi connectivity index (χ2n) is 6.65.